The molecule has 1 atom stereocenters. The highest BCUT2D eigenvalue weighted by Gasteiger charge is 2.25. The maximum Gasteiger partial charge on any atom is 0.266 e. The maximum atomic E-state index is 13.7. The average molecular weight is 347 g/mol. The third-order valence-electron chi connectivity index (χ3n) is 2.47. The Morgan fingerprint density at radius 2 is 2.15 bits per heavy atom. The third-order valence-corrected chi connectivity index (χ3v) is 2.96. The van der Waals surface area contributed by atoms with Crippen molar-refractivity contribution in [1.82, 2.24) is 5.32 Å². The van der Waals surface area contributed by atoms with Crippen LogP contribution < -0.4 is 10.1 Å². The summed E-state index contributed by atoms with van der Waals surface area (Å²) in [6.45, 7) is 4.97. The van der Waals surface area contributed by atoms with Crippen LogP contribution >= 0.6 is 15.9 Å². The van der Waals surface area contributed by atoms with E-state index in [4.69, 9.17) is 9.94 Å². The van der Waals surface area contributed by atoms with E-state index in [1.807, 2.05) is 0 Å². The molecule has 0 aromatic heterocycles. The Kier molecular flexibility index (Phi) is 5.94. The van der Waals surface area contributed by atoms with Gasteiger partial charge in [-0.25, -0.2) is 4.39 Å². The van der Waals surface area contributed by atoms with Gasteiger partial charge in [-0.15, -0.1) is 0 Å². The van der Waals surface area contributed by atoms with Crippen LogP contribution in [0.3, 0.4) is 0 Å². The van der Waals surface area contributed by atoms with E-state index >= 15 is 0 Å². The lowest BCUT2D eigenvalue weighted by Crippen LogP contribution is -2.43. The maximum absolute atomic E-state index is 13.7. The Labute approximate surface area is 124 Å². The van der Waals surface area contributed by atoms with Crippen LogP contribution in [0.25, 0.3) is 0 Å². The molecule has 1 amide bonds. The summed E-state index contributed by atoms with van der Waals surface area (Å²) in [5.74, 6) is -1.23. The number of rotatable bonds is 4. The summed E-state index contributed by atoms with van der Waals surface area (Å²) in [4.78, 5) is 12.0. The molecule has 0 aliphatic carbocycles. The Hall–Kier alpha value is -1.63. The molecule has 0 radical (unpaired) electrons. The number of benzene rings is 1. The SMILES string of the molecule is CC(=NO)NC(=O)C(Oc1ccc(Br)cc1F)C(C)C. The highest BCUT2D eigenvalue weighted by atomic mass is 79.9. The first kappa shape index (κ1) is 16.4. The van der Waals surface area contributed by atoms with Crippen LogP contribution in [0.2, 0.25) is 0 Å². The molecule has 5 nitrogen and oxygen atoms in total. The van der Waals surface area contributed by atoms with E-state index in [1.165, 1.54) is 19.1 Å². The zero-order chi connectivity index (χ0) is 15.3. The molecule has 0 saturated heterocycles. The van der Waals surface area contributed by atoms with Gasteiger partial charge in [-0.1, -0.05) is 34.9 Å². The first-order chi connectivity index (χ1) is 9.35. The van der Waals surface area contributed by atoms with Crippen molar-refractivity contribution in [3.8, 4) is 5.75 Å². The molecule has 110 valence electrons. The molecule has 0 spiro atoms. The fraction of sp³-hybridized carbons (Fsp3) is 0.385. The summed E-state index contributed by atoms with van der Waals surface area (Å²) in [6, 6.07) is 4.31. The first-order valence-corrected chi connectivity index (χ1v) is 6.75. The van der Waals surface area contributed by atoms with Gasteiger partial charge in [-0.3, -0.25) is 4.79 Å². The van der Waals surface area contributed by atoms with Crippen LogP contribution in [0.5, 0.6) is 5.75 Å². The number of hydrogen-bond acceptors (Lipinski definition) is 4. The molecule has 7 heteroatoms. The van der Waals surface area contributed by atoms with Gasteiger partial charge >= 0.3 is 0 Å². The zero-order valence-corrected chi connectivity index (χ0v) is 12.9. The normalized spacial score (nSPS) is 13.2. The molecule has 20 heavy (non-hydrogen) atoms. The molecule has 0 aliphatic rings. The van der Waals surface area contributed by atoms with Gasteiger partial charge in [0.2, 0.25) is 0 Å². The van der Waals surface area contributed by atoms with Crippen molar-refractivity contribution in [1.29, 1.82) is 0 Å². The molecule has 1 unspecified atom stereocenters. The summed E-state index contributed by atoms with van der Waals surface area (Å²) in [6.07, 6.45) is -0.901. The second kappa shape index (κ2) is 7.23. The number of nitrogens with one attached hydrogen (secondary N) is 1. The van der Waals surface area contributed by atoms with Crippen LogP contribution in [0.15, 0.2) is 27.8 Å². The van der Waals surface area contributed by atoms with Gasteiger partial charge in [0.05, 0.1) is 0 Å². The monoisotopic (exact) mass is 346 g/mol. The predicted molar refractivity (Wildman–Crippen MR) is 76.4 cm³/mol. The van der Waals surface area contributed by atoms with Crippen molar-refractivity contribution in [2.24, 2.45) is 11.1 Å². The Bertz CT molecular complexity index is 520. The second-order valence-corrected chi connectivity index (χ2v) is 5.45. The van der Waals surface area contributed by atoms with Gasteiger partial charge in [0, 0.05) is 4.47 Å². The molecule has 1 aromatic rings. The van der Waals surface area contributed by atoms with Gasteiger partial charge in [-0.2, -0.15) is 0 Å². The van der Waals surface area contributed by atoms with E-state index < -0.39 is 17.8 Å². The number of oxime groups is 1. The zero-order valence-electron chi connectivity index (χ0n) is 11.4. The quantitative estimate of drug-likeness (QED) is 0.381. The van der Waals surface area contributed by atoms with Crippen molar-refractivity contribution in [3.05, 3.63) is 28.5 Å². The van der Waals surface area contributed by atoms with E-state index in [0.29, 0.717) is 4.47 Å². The summed E-state index contributed by atoms with van der Waals surface area (Å²) >= 11 is 3.14. The minimum absolute atomic E-state index is 0.0133. The lowest BCUT2D eigenvalue weighted by atomic mass is 10.1. The smallest absolute Gasteiger partial charge is 0.266 e. The number of nitrogens with zero attached hydrogens (tertiary/aromatic N) is 1. The molecule has 0 fully saturated rings. The van der Waals surface area contributed by atoms with Gasteiger partial charge in [0.25, 0.3) is 5.91 Å². The third kappa shape index (κ3) is 4.48. The van der Waals surface area contributed by atoms with Crippen LogP contribution in [-0.2, 0) is 4.79 Å². The van der Waals surface area contributed by atoms with E-state index in [9.17, 15) is 9.18 Å². The minimum atomic E-state index is -0.901. The van der Waals surface area contributed by atoms with Crippen LogP contribution in [0, 0.1) is 11.7 Å². The van der Waals surface area contributed by atoms with Gasteiger partial charge < -0.3 is 15.3 Å². The van der Waals surface area contributed by atoms with Crippen molar-refractivity contribution in [2.45, 2.75) is 26.9 Å². The summed E-state index contributed by atoms with van der Waals surface area (Å²) < 4.78 is 19.7. The highest BCUT2D eigenvalue weighted by Crippen LogP contribution is 2.24. The number of amidine groups is 1. The predicted octanol–water partition coefficient (Wildman–Crippen LogP) is 2.92. The van der Waals surface area contributed by atoms with Crippen LogP contribution in [-0.4, -0.2) is 23.1 Å². The van der Waals surface area contributed by atoms with Crippen LogP contribution in [0.4, 0.5) is 4.39 Å². The number of carbonyl (C=O) groups excluding carboxylic acids is 1. The topological polar surface area (TPSA) is 70.9 Å². The second-order valence-electron chi connectivity index (χ2n) is 4.53. The standard InChI is InChI=1S/C13H16BrFN2O3/c1-7(2)12(13(18)16-8(3)17-19)20-11-5-4-9(14)6-10(11)15/h4-7,12,19H,1-3H3,(H,16,17,18). The van der Waals surface area contributed by atoms with E-state index in [0.717, 1.165) is 0 Å². The van der Waals surface area contributed by atoms with E-state index in [2.05, 4.69) is 26.4 Å². The Morgan fingerprint density at radius 1 is 1.50 bits per heavy atom. The van der Waals surface area contributed by atoms with Gasteiger partial charge in [0.1, 0.15) is 5.84 Å². The average Bonchev–Trinajstić information content (AvgIpc) is 2.36. The number of ether oxygens (including phenoxy) is 1. The number of hydrogen-bond donors (Lipinski definition) is 2. The molecule has 1 rings (SSSR count). The van der Waals surface area contributed by atoms with Crippen LogP contribution in [0.1, 0.15) is 20.8 Å². The van der Waals surface area contributed by atoms with Crippen molar-refractivity contribution in [3.63, 3.8) is 0 Å². The summed E-state index contributed by atoms with van der Waals surface area (Å²) in [5.41, 5.74) is 0. The largest absolute Gasteiger partial charge is 0.477 e. The van der Waals surface area contributed by atoms with E-state index in [1.54, 1.807) is 19.9 Å². The molecule has 1 aromatic carbocycles. The fourth-order valence-electron chi connectivity index (χ4n) is 1.47. The molecule has 2 N–H and O–H groups in total. The number of carbonyl (C=O) groups is 1. The number of halogens is 2. The highest BCUT2D eigenvalue weighted by molar-refractivity contribution is 9.10. The van der Waals surface area contributed by atoms with E-state index in [-0.39, 0.29) is 17.5 Å². The number of amides is 1. The molecule has 0 aliphatic heterocycles. The first-order valence-electron chi connectivity index (χ1n) is 5.96. The summed E-state index contributed by atoms with van der Waals surface area (Å²) in [5, 5.41) is 13.8. The van der Waals surface area contributed by atoms with Crippen molar-refractivity contribution in [2.75, 3.05) is 0 Å². The molecular weight excluding hydrogens is 331 g/mol. The lowest BCUT2D eigenvalue weighted by Gasteiger charge is -2.21. The lowest BCUT2D eigenvalue weighted by molar-refractivity contribution is -0.128. The molecule has 0 saturated carbocycles. The summed E-state index contributed by atoms with van der Waals surface area (Å²) in [7, 11) is 0. The minimum Gasteiger partial charge on any atom is -0.477 e. The van der Waals surface area contributed by atoms with Crippen molar-refractivity contribution < 1.29 is 19.1 Å². The molecule has 0 bridgehead atoms. The molecule has 0 heterocycles. The van der Waals surface area contributed by atoms with Crippen molar-refractivity contribution >= 4 is 27.7 Å². The molecular formula is C13H16BrFN2O3. The Balaban J connectivity index is 2.90. The van der Waals surface area contributed by atoms with Gasteiger partial charge in [0.15, 0.2) is 17.7 Å². The fourth-order valence-corrected chi connectivity index (χ4v) is 1.81. The van der Waals surface area contributed by atoms with Gasteiger partial charge in [-0.05, 0) is 31.0 Å². The Morgan fingerprint density at radius 3 is 2.65 bits per heavy atom.